The van der Waals surface area contributed by atoms with Crippen molar-refractivity contribution in [1.29, 1.82) is 5.26 Å². The van der Waals surface area contributed by atoms with Crippen LogP contribution in [-0.4, -0.2) is 21.0 Å². The molecular weight excluding hydrogens is 349 g/mol. The maximum absolute atomic E-state index is 13.1. The molecular formula is C17H11F3N4S. The number of alkyl halides is 3. The minimum atomic E-state index is -4.65. The summed E-state index contributed by atoms with van der Waals surface area (Å²) < 4.78 is 40.4. The number of nitrogens with zero attached hydrogens (tertiary/aromatic N) is 4. The molecule has 0 fully saturated rings. The molecule has 1 heterocycles. The van der Waals surface area contributed by atoms with Crippen LogP contribution < -0.4 is 0 Å². The van der Waals surface area contributed by atoms with Crippen molar-refractivity contribution < 1.29 is 13.2 Å². The van der Waals surface area contributed by atoms with Gasteiger partial charge >= 0.3 is 6.18 Å². The highest BCUT2D eigenvalue weighted by atomic mass is 32.2. The van der Waals surface area contributed by atoms with E-state index in [2.05, 4.69) is 10.1 Å². The van der Waals surface area contributed by atoms with Crippen molar-refractivity contribution in [3.8, 4) is 23.1 Å². The average Bonchev–Trinajstić information content (AvgIpc) is 3.07. The van der Waals surface area contributed by atoms with Gasteiger partial charge in [0, 0.05) is 10.5 Å². The van der Waals surface area contributed by atoms with E-state index in [-0.39, 0.29) is 5.82 Å². The van der Waals surface area contributed by atoms with Crippen LogP contribution in [-0.2, 0) is 6.18 Å². The Kier molecular flexibility index (Phi) is 4.51. The predicted octanol–water partition coefficient (Wildman–Crippen LogP) is 4.55. The lowest BCUT2D eigenvalue weighted by Crippen LogP contribution is -2.08. The molecule has 4 nitrogen and oxygen atoms in total. The Bertz CT molecular complexity index is 923. The molecule has 0 bridgehead atoms. The minimum absolute atomic E-state index is 0.0636. The third-order valence-corrected chi connectivity index (χ3v) is 4.19. The highest BCUT2D eigenvalue weighted by molar-refractivity contribution is 7.98. The molecule has 3 aromatic rings. The van der Waals surface area contributed by atoms with E-state index in [1.54, 1.807) is 36.4 Å². The van der Waals surface area contributed by atoms with Crippen LogP contribution >= 0.6 is 11.8 Å². The van der Waals surface area contributed by atoms with Crippen molar-refractivity contribution in [2.75, 3.05) is 6.26 Å². The zero-order valence-electron chi connectivity index (χ0n) is 12.9. The van der Waals surface area contributed by atoms with Crippen LogP contribution in [0.15, 0.2) is 53.4 Å². The molecule has 0 radical (unpaired) electrons. The lowest BCUT2D eigenvalue weighted by atomic mass is 10.1. The van der Waals surface area contributed by atoms with Crippen LogP contribution in [0.3, 0.4) is 0 Å². The predicted molar refractivity (Wildman–Crippen MR) is 88.3 cm³/mol. The number of aromatic nitrogens is 3. The molecule has 126 valence electrons. The number of rotatable bonds is 3. The highest BCUT2D eigenvalue weighted by Gasteiger charge is 2.37. The van der Waals surface area contributed by atoms with Crippen LogP contribution in [0.25, 0.3) is 17.1 Å². The summed E-state index contributed by atoms with van der Waals surface area (Å²) in [5.74, 6) is -1.14. The molecule has 0 aliphatic heterocycles. The Labute approximate surface area is 145 Å². The monoisotopic (exact) mass is 360 g/mol. The number of thioether (sulfide) groups is 1. The maximum Gasteiger partial charge on any atom is 0.453 e. The largest absolute Gasteiger partial charge is 0.453 e. The summed E-state index contributed by atoms with van der Waals surface area (Å²) in [6.07, 6.45) is -2.74. The molecule has 0 N–H and O–H groups in total. The van der Waals surface area contributed by atoms with E-state index in [4.69, 9.17) is 5.26 Å². The van der Waals surface area contributed by atoms with Crippen LogP contribution in [0, 0.1) is 11.3 Å². The van der Waals surface area contributed by atoms with Crippen molar-refractivity contribution in [3.63, 3.8) is 0 Å². The van der Waals surface area contributed by atoms with Crippen LogP contribution in [0.1, 0.15) is 11.4 Å². The highest BCUT2D eigenvalue weighted by Crippen LogP contribution is 2.30. The van der Waals surface area contributed by atoms with Crippen molar-refractivity contribution in [1.82, 2.24) is 14.8 Å². The van der Waals surface area contributed by atoms with Gasteiger partial charge in [0.2, 0.25) is 0 Å². The van der Waals surface area contributed by atoms with Gasteiger partial charge in [0.15, 0.2) is 5.82 Å². The van der Waals surface area contributed by atoms with E-state index in [9.17, 15) is 13.2 Å². The normalized spacial score (nSPS) is 11.3. The van der Waals surface area contributed by atoms with Crippen LogP contribution in [0.4, 0.5) is 13.2 Å². The van der Waals surface area contributed by atoms with Crippen molar-refractivity contribution in [3.05, 3.63) is 59.9 Å². The van der Waals surface area contributed by atoms with Crippen LogP contribution in [0.5, 0.6) is 0 Å². The van der Waals surface area contributed by atoms with Crippen molar-refractivity contribution in [2.24, 2.45) is 0 Å². The van der Waals surface area contributed by atoms with Gasteiger partial charge in [-0.3, -0.25) is 0 Å². The third-order valence-electron chi connectivity index (χ3n) is 3.45. The van der Waals surface area contributed by atoms with E-state index in [0.29, 0.717) is 16.8 Å². The SMILES string of the molecule is CSc1ccc(-n2nc(C(F)(F)F)nc2-c2ccc(C#N)cc2)cc1. The van der Waals surface area contributed by atoms with Gasteiger partial charge in [-0.15, -0.1) is 16.9 Å². The average molecular weight is 360 g/mol. The lowest BCUT2D eigenvalue weighted by Gasteiger charge is -2.07. The Balaban J connectivity index is 2.14. The maximum atomic E-state index is 13.1. The number of hydrogen-bond donors (Lipinski definition) is 0. The molecule has 8 heteroatoms. The molecule has 0 atom stereocenters. The van der Waals surface area contributed by atoms with Gasteiger partial charge in [0.05, 0.1) is 17.3 Å². The number of hydrogen-bond acceptors (Lipinski definition) is 4. The summed E-state index contributed by atoms with van der Waals surface area (Å²) in [6.45, 7) is 0. The molecule has 0 saturated heterocycles. The van der Waals surface area contributed by atoms with Gasteiger partial charge in [0.1, 0.15) is 0 Å². The van der Waals surface area contributed by atoms with Gasteiger partial charge in [0.25, 0.3) is 5.82 Å². The summed E-state index contributed by atoms with van der Waals surface area (Å²) in [5.41, 5.74) is 1.33. The molecule has 0 aliphatic carbocycles. The standard InChI is InChI=1S/C17H11F3N4S/c1-25-14-8-6-13(7-9-14)24-15(22-16(23-24)17(18,19)20)12-4-2-11(10-21)3-5-12/h2-9H,1H3. The molecule has 0 unspecified atom stereocenters. The van der Waals surface area contributed by atoms with E-state index in [1.165, 1.54) is 23.9 Å². The Morgan fingerprint density at radius 2 is 1.68 bits per heavy atom. The molecule has 25 heavy (non-hydrogen) atoms. The fraction of sp³-hybridized carbons (Fsp3) is 0.118. The quantitative estimate of drug-likeness (QED) is 0.643. The van der Waals surface area contributed by atoms with Crippen molar-refractivity contribution >= 4 is 11.8 Å². The van der Waals surface area contributed by atoms with E-state index in [1.807, 2.05) is 12.3 Å². The molecule has 0 saturated carbocycles. The lowest BCUT2D eigenvalue weighted by molar-refractivity contribution is -0.144. The first-order valence-corrected chi connectivity index (χ1v) is 8.34. The third kappa shape index (κ3) is 3.51. The van der Waals surface area contributed by atoms with Crippen molar-refractivity contribution in [2.45, 2.75) is 11.1 Å². The second-order valence-electron chi connectivity index (χ2n) is 5.06. The fourth-order valence-corrected chi connectivity index (χ4v) is 2.62. The first-order chi connectivity index (χ1) is 11.9. The van der Waals surface area contributed by atoms with Gasteiger partial charge < -0.3 is 0 Å². The molecule has 0 spiro atoms. The van der Waals surface area contributed by atoms with E-state index >= 15 is 0 Å². The van der Waals surface area contributed by atoms with Gasteiger partial charge in [-0.05, 0) is 54.8 Å². The molecule has 0 aliphatic rings. The summed E-state index contributed by atoms with van der Waals surface area (Å²) in [4.78, 5) is 4.65. The Morgan fingerprint density at radius 3 is 2.20 bits per heavy atom. The topological polar surface area (TPSA) is 54.5 Å². The second-order valence-corrected chi connectivity index (χ2v) is 5.94. The smallest absolute Gasteiger partial charge is 0.213 e. The number of halogens is 3. The first kappa shape index (κ1) is 17.0. The zero-order chi connectivity index (χ0) is 18.0. The van der Waals surface area contributed by atoms with Gasteiger partial charge in [-0.1, -0.05) is 0 Å². The molecule has 2 aromatic carbocycles. The van der Waals surface area contributed by atoms with E-state index < -0.39 is 12.0 Å². The molecule has 0 amide bonds. The zero-order valence-corrected chi connectivity index (χ0v) is 13.8. The molecule has 3 rings (SSSR count). The first-order valence-electron chi connectivity index (χ1n) is 7.11. The fourth-order valence-electron chi connectivity index (χ4n) is 2.22. The summed E-state index contributed by atoms with van der Waals surface area (Å²) in [7, 11) is 0. The summed E-state index contributed by atoms with van der Waals surface area (Å²) in [5, 5.41) is 12.5. The van der Waals surface area contributed by atoms with Crippen LogP contribution in [0.2, 0.25) is 0 Å². The van der Waals surface area contributed by atoms with Gasteiger partial charge in [-0.25, -0.2) is 9.67 Å². The summed E-state index contributed by atoms with van der Waals surface area (Å²) in [6, 6.07) is 15.1. The Morgan fingerprint density at radius 1 is 1.04 bits per heavy atom. The van der Waals surface area contributed by atoms with Gasteiger partial charge in [-0.2, -0.15) is 18.4 Å². The minimum Gasteiger partial charge on any atom is -0.213 e. The molecule has 1 aromatic heterocycles. The second kappa shape index (κ2) is 6.61. The number of nitriles is 1. The summed E-state index contributed by atoms with van der Waals surface area (Å²) >= 11 is 1.53. The Hall–Kier alpha value is -2.79. The number of benzene rings is 2. The van der Waals surface area contributed by atoms with E-state index in [0.717, 1.165) is 9.58 Å².